The molecule has 3 aromatic carbocycles. The summed E-state index contributed by atoms with van der Waals surface area (Å²) in [5, 5.41) is 1.02. The van der Waals surface area contributed by atoms with Crippen LogP contribution in [0.25, 0.3) is 10.2 Å². The molecular weight excluding hydrogens is 402 g/mol. The largest absolute Gasteiger partial charge is 0.457 e. The number of nitrogens with two attached hydrogens (primary N) is 1. The minimum atomic E-state index is -0.902. The van der Waals surface area contributed by atoms with Gasteiger partial charge >= 0.3 is 12.0 Å². The van der Waals surface area contributed by atoms with Crippen LogP contribution >= 0.6 is 11.3 Å². The molecule has 0 saturated heterocycles. The Hall–Kier alpha value is -3.91. The van der Waals surface area contributed by atoms with Crippen molar-refractivity contribution in [3.8, 4) is 11.5 Å². The number of ether oxygens (including phenoxy) is 1. The number of para-hydroxylation sites is 3. The summed E-state index contributed by atoms with van der Waals surface area (Å²) in [7, 11) is 0. The molecule has 0 spiro atoms. The standard InChI is InChI=1S/C22H15N3O4S/c23-22(27)25(29-21(26)20-24-15-9-3-6-12-18(15)30-20)19-13-7-1-4-10-16(13)28-17-11-5-2-8-14(17)19/h1-12,19H,(H2,23,27). The van der Waals surface area contributed by atoms with E-state index >= 15 is 0 Å². The summed E-state index contributed by atoms with van der Waals surface area (Å²) in [5.41, 5.74) is 7.64. The smallest absolute Gasteiger partial charge is 0.391 e. The average Bonchev–Trinajstić information content (AvgIpc) is 3.20. The molecule has 7 nitrogen and oxygen atoms in total. The Morgan fingerprint density at radius 2 is 1.53 bits per heavy atom. The lowest BCUT2D eigenvalue weighted by atomic mass is 9.94. The van der Waals surface area contributed by atoms with E-state index < -0.39 is 18.0 Å². The second-order valence-corrected chi connectivity index (χ2v) is 7.64. The molecule has 0 saturated carbocycles. The molecule has 1 aliphatic heterocycles. The number of carbonyl (C=O) groups excluding carboxylic acids is 2. The van der Waals surface area contributed by atoms with Gasteiger partial charge in [0.15, 0.2) is 0 Å². The number of benzene rings is 3. The Labute approximate surface area is 175 Å². The molecule has 0 fully saturated rings. The third-order valence-corrected chi connectivity index (χ3v) is 5.77. The Morgan fingerprint density at radius 3 is 2.17 bits per heavy atom. The van der Waals surface area contributed by atoms with Gasteiger partial charge in [-0.1, -0.05) is 48.5 Å². The van der Waals surface area contributed by atoms with E-state index in [9.17, 15) is 9.59 Å². The zero-order chi connectivity index (χ0) is 20.7. The first-order valence-electron chi connectivity index (χ1n) is 9.14. The van der Waals surface area contributed by atoms with Gasteiger partial charge in [0, 0.05) is 11.1 Å². The summed E-state index contributed by atoms with van der Waals surface area (Å²) in [5.74, 6) is 0.364. The van der Waals surface area contributed by atoms with Crippen LogP contribution in [0.3, 0.4) is 0 Å². The third-order valence-electron chi connectivity index (χ3n) is 4.75. The molecule has 0 bridgehead atoms. The van der Waals surface area contributed by atoms with Crippen LogP contribution in [0.15, 0.2) is 72.8 Å². The minimum absolute atomic E-state index is 0.135. The van der Waals surface area contributed by atoms with Gasteiger partial charge in [-0.25, -0.2) is 14.6 Å². The molecule has 1 aliphatic rings. The molecule has 0 radical (unpaired) electrons. The Morgan fingerprint density at radius 1 is 0.933 bits per heavy atom. The summed E-state index contributed by atoms with van der Waals surface area (Å²) in [4.78, 5) is 35.0. The topological polar surface area (TPSA) is 94.8 Å². The summed E-state index contributed by atoms with van der Waals surface area (Å²) in [6, 6.07) is 20.2. The van der Waals surface area contributed by atoms with E-state index in [1.165, 1.54) is 11.3 Å². The van der Waals surface area contributed by atoms with E-state index in [0.717, 1.165) is 9.76 Å². The third kappa shape index (κ3) is 3.03. The molecule has 4 aromatic rings. The van der Waals surface area contributed by atoms with Crippen molar-refractivity contribution in [3.63, 3.8) is 0 Å². The lowest BCUT2D eigenvalue weighted by Crippen LogP contribution is -2.41. The normalized spacial score (nSPS) is 12.5. The fourth-order valence-corrected chi connectivity index (χ4v) is 4.29. The Balaban J connectivity index is 1.55. The van der Waals surface area contributed by atoms with Crippen LogP contribution in [0.1, 0.15) is 27.0 Å². The van der Waals surface area contributed by atoms with Gasteiger partial charge in [-0.05, 0) is 24.3 Å². The maximum atomic E-state index is 12.8. The maximum Gasteiger partial charge on any atom is 0.391 e. The summed E-state index contributed by atoms with van der Waals surface area (Å²) in [6.45, 7) is 0. The molecule has 8 heteroatoms. The Kier molecular flexibility index (Phi) is 4.33. The van der Waals surface area contributed by atoms with Crippen LogP contribution < -0.4 is 10.5 Å². The first kappa shape index (κ1) is 18.1. The van der Waals surface area contributed by atoms with Crippen molar-refractivity contribution < 1.29 is 19.2 Å². The maximum absolute atomic E-state index is 12.8. The van der Waals surface area contributed by atoms with E-state index in [-0.39, 0.29) is 5.01 Å². The molecule has 2 heterocycles. The number of amides is 2. The van der Waals surface area contributed by atoms with Gasteiger partial charge in [0.1, 0.15) is 17.5 Å². The zero-order valence-electron chi connectivity index (χ0n) is 15.5. The molecule has 2 N–H and O–H groups in total. The molecule has 0 atom stereocenters. The van der Waals surface area contributed by atoms with Crippen molar-refractivity contribution in [1.82, 2.24) is 10.0 Å². The lowest BCUT2D eigenvalue weighted by Gasteiger charge is -2.33. The van der Waals surface area contributed by atoms with Crippen molar-refractivity contribution in [3.05, 3.63) is 88.9 Å². The van der Waals surface area contributed by atoms with Gasteiger partial charge in [0.25, 0.3) is 0 Å². The minimum Gasteiger partial charge on any atom is -0.457 e. The molecule has 5 rings (SSSR count). The molecular formula is C22H15N3O4S. The van der Waals surface area contributed by atoms with Gasteiger partial charge in [-0.3, -0.25) is 0 Å². The van der Waals surface area contributed by atoms with Crippen LogP contribution in [-0.4, -0.2) is 22.0 Å². The van der Waals surface area contributed by atoms with Crippen molar-refractivity contribution in [2.24, 2.45) is 5.73 Å². The van der Waals surface area contributed by atoms with E-state index in [4.69, 9.17) is 15.3 Å². The number of aromatic nitrogens is 1. The SMILES string of the molecule is NC(=O)N(OC(=O)c1nc2ccccc2s1)C1c2ccccc2Oc2ccccc21. The molecule has 30 heavy (non-hydrogen) atoms. The van der Waals surface area contributed by atoms with E-state index in [0.29, 0.717) is 28.1 Å². The first-order valence-corrected chi connectivity index (χ1v) is 9.96. The van der Waals surface area contributed by atoms with Crippen LogP contribution in [0.5, 0.6) is 11.5 Å². The number of nitrogens with zero attached hydrogens (tertiary/aromatic N) is 2. The highest BCUT2D eigenvalue weighted by Gasteiger charge is 2.37. The highest BCUT2D eigenvalue weighted by molar-refractivity contribution is 7.20. The second-order valence-electron chi connectivity index (χ2n) is 6.61. The predicted octanol–water partition coefficient (Wildman–Crippen LogP) is 4.64. The molecule has 0 aliphatic carbocycles. The number of carbonyl (C=O) groups is 2. The highest BCUT2D eigenvalue weighted by atomic mass is 32.1. The number of urea groups is 1. The zero-order valence-corrected chi connectivity index (χ0v) is 16.3. The fourth-order valence-electron chi connectivity index (χ4n) is 3.45. The molecule has 0 unspecified atom stereocenters. The fraction of sp³-hybridized carbons (Fsp3) is 0.0455. The van der Waals surface area contributed by atoms with Crippen molar-refractivity contribution in [2.75, 3.05) is 0 Å². The molecule has 148 valence electrons. The van der Waals surface area contributed by atoms with Crippen LogP contribution in [0, 0.1) is 0 Å². The highest BCUT2D eigenvalue weighted by Crippen LogP contribution is 2.45. The van der Waals surface area contributed by atoms with Crippen molar-refractivity contribution >= 4 is 33.6 Å². The quantitative estimate of drug-likeness (QED) is 0.479. The number of hydrogen-bond acceptors (Lipinski definition) is 6. The lowest BCUT2D eigenvalue weighted by molar-refractivity contribution is -0.0901. The van der Waals surface area contributed by atoms with Gasteiger partial charge in [0.05, 0.1) is 10.2 Å². The Bertz CT molecular complexity index is 1210. The van der Waals surface area contributed by atoms with Crippen molar-refractivity contribution in [1.29, 1.82) is 0 Å². The summed E-state index contributed by atoms with van der Waals surface area (Å²) < 4.78 is 6.78. The number of rotatable bonds is 2. The molecule has 2 amide bonds. The van der Waals surface area contributed by atoms with Crippen LogP contribution in [-0.2, 0) is 4.84 Å². The number of hydrogen-bond donors (Lipinski definition) is 1. The first-order chi connectivity index (χ1) is 14.6. The van der Waals surface area contributed by atoms with E-state index in [2.05, 4.69) is 4.98 Å². The van der Waals surface area contributed by atoms with Crippen LogP contribution in [0.2, 0.25) is 0 Å². The summed E-state index contributed by atoms with van der Waals surface area (Å²) in [6.07, 6.45) is 0. The van der Waals surface area contributed by atoms with E-state index in [1.807, 2.05) is 42.5 Å². The average molecular weight is 417 g/mol. The van der Waals surface area contributed by atoms with Crippen molar-refractivity contribution in [2.45, 2.75) is 6.04 Å². The predicted molar refractivity (Wildman–Crippen MR) is 111 cm³/mol. The van der Waals surface area contributed by atoms with Gasteiger partial charge in [-0.2, -0.15) is 0 Å². The monoisotopic (exact) mass is 417 g/mol. The van der Waals surface area contributed by atoms with Crippen LogP contribution in [0.4, 0.5) is 4.79 Å². The number of hydroxylamine groups is 2. The number of primary amides is 1. The molecule has 1 aromatic heterocycles. The van der Waals surface area contributed by atoms with Gasteiger partial charge in [0.2, 0.25) is 5.01 Å². The van der Waals surface area contributed by atoms with Gasteiger partial charge in [-0.15, -0.1) is 16.4 Å². The second kappa shape index (κ2) is 7.16. The van der Waals surface area contributed by atoms with E-state index in [1.54, 1.807) is 30.3 Å². The number of thiazole rings is 1. The summed E-state index contributed by atoms with van der Waals surface area (Å²) >= 11 is 1.19. The number of fused-ring (bicyclic) bond motifs is 3. The van der Waals surface area contributed by atoms with Gasteiger partial charge < -0.3 is 15.3 Å².